The summed E-state index contributed by atoms with van der Waals surface area (Å²) in [4.78, 5) is 12.2. The number of carbonyl (C=O) groups excluding carboxylic acids is 1. The summed E-state index contributed by atoms with van der Waals surface area (Å²) in [6.07, 6.45) is 0. The Bertz CT molecular complexity index is 420. The van der Waals surface area contributed by atoms with Crippen LogP contribution in [0, 0.1) is 5.41 Å². The Kier molecular flexibility index (Phi) is 2.43. The lowest BCUT2D eigenvalue weighted by atomic mass is 10.1. The van der Waals surface area contributed by atoms with Gasteiger partial charge in [-0.2, -0.15) is 0 Å². The van der Waals surface area contributed by atoms with Crippen LogP contribution in [0.2, 0.25) is 0 Å². The van der Waals surface area contributed by atoms with Crippen molar-refractivity contribution >= 4 is 39.6 Å². The molecule has 1 aliphatic heterocycles. The van der Waals surface area contributed by atoms with Gasteiger partial charge in [-0.3, -0.25) is 10.2 Å². The van der Waals surface area contributed by atoms with Gasteiger partial charge in [0.05, 0.1) is 5.57 Å². The molecule has 0 bridgehead atoms. The van der Waals surface area contributed by atoms with E-state index in [1.807, 2.05) is 17.5 Å². The third kappa shape index (κ3) is 1.49. The van der Waals surface area contributed by atoms with Crippen molar-refractivity contribution in [2.45, 2.75) is 0 Å². The lowest BCUT2D eigenvalue weighted by Crippen LogP contribution is -2.17. The van der Waals surface area contributed by atoms with E-state index in [2.05, 4.69) is 0 Å². The molecular formula is C9H8N2OS2. The minimum absolute atomic E-state index is 0.293. The fraction of sp³-hybridized carbons (Fsp3) is 0.111. The number of nitrogens with two attached hydrogens (primary N) is 1. The summed E-state index contributed by atoms with van der Waals surface area (Å²) in [7, 11) is 0. The largest absolute Gasteiger partial charge is 0.366 e. The van der Waals surface area contributed by atoms with Crippen LogP contribution in [0.15, 0.2) is 23.1 Å². The van der Waals surface area contributed by atoms with Gasteiger partial charge < -0.3 is 5.73 Å². The zero-order valence-corrected chi connectivity index (χ0v) is 8.87. The Hall–Kier alpha value is -1.07. The van der Waals surface area contributed by atoms with Crippen molar-refractivity contribution in [2.24, 2.45) is 5.73 Å². The summed E-state index contributed by atoms with van der Waals surface area (Å²) in [6.45, 7) is 0. The zero-order valence-electron chi connectivity index (χ0n) is 7.24. The lowest BCUT2D eigenvalue weighted by Gasteiger charge is -1.99. The minimum atomic E-state index is -0.497. The molecule has 1 aliphatic rings. The molecule has 0 radical (unpaired) electrons. The average molecular weight is 224 g/mol. The first-order chi connectivity index (χ1) is 6.70. The Labute approximate surface area is 89.5 Å². The van der Waals surface area contributed by atoms with E-state index in [9.17, 15) is 4.79 Å². The Morgan fingerprint density at radius 3 is 2.93 bits per heavy atom. The van der Waals surface area contributed by atoms with Crippen LogP contribution in [0.4, 0.5) is 0 Å². The molecule has 0 aromatic carbocycles. The van der Waals surface area contributed by atoms with Gasteiger partial charge in [0, 0.05) is 10.6 Å². The maximum absolute atomic E-state index is 11.1. The summed E-state index contributed by atoms with van der Waals surface area (Å²) >= 11 is 2.92. The predicted molar refractivity (Wildman–Crippen MR) is 60.6 cm³/mol. The van der Waals surface area contributed by atoms with Crippen LogP contribution in [0.1, 0.15) is 4.88 Å². The molecule has 0 unspecified atom stereocenters. The summed E-state index contributed by atoms with van der Waals surface area (Å²) in [6, 6.07) is 3.88. The predicted octanol–water partition coefficient (Wildman–Crippen LogP) is 1.71. The van der Waals surface area contributed by atoms with Gasteiger partial charge in [0.15, 0.2) is 0 Å². The molecule has 0 saturated heterocycles. The van der Waals surface area contributed by atoms with Gasteiger partial charge in [-0.05, 0) is 17.0 Å². The van der Waals surface area contributed by atoms with Crippen LogP contribution in [0.3, 0.4) is 0 Å². The molecule has 3 nitrogen and oxygen atoms in total. The number of nitrogens with one attached hydrogen (secondary N) is 1. The van der Waals surface area contributed by atoms with Crippen molar-refractivity contribution in [1.29, 1.82) is 5.41 Å². The normalized spacial score (nSPS) is 16.4. The quantitative estimate of drug-likeness (QED) is 0.803. The third-order valence-corrected chi connectivity index (χ3v) is 3.81. The minimum Gasteiger partial charge on any atom is -0.366 e. The first-order valence-electron chi connectivity index (χ1n) is 3.98. The lowest BCUT2D eigenvalue weighted by molar-refractivity contribution is -0.114. The van der Waals surface area contributed by atoms with Gasteiger partial charge in [0.25, 0.3) is 5.91 Å². The fourth-order valence-electron chi connectivity index (χ4n) is 1.33. The highest BCUT2D eigenvalue weighted by atomic mass is 32.2. The first-order valence-corrected chi connectivity index (χ1v) is 5.85. The van der Waals surface area contributed by atoms with Crippen LogP contribution < -0.4 is 5.73 Å². The van der Waals surface area contributed by atoms with E-state index >= 15 is 0 Å². The van der Waals surface area contributed by atoms with Crippen molar-refractivity contribution in [2.75, 3.05) is 5.75 Å². The number of thiophene rings is 1. The van der Waals surface area contributed by atoms with Crippen molar-refractivity contribution in [3.8, 4) is 0 Å². The molecule has 0 aliphatic carbocycles. The van der Waals surface area contributed by atoms with Crippen LogP contribution in [0.25, 0.3) is 5.57 Å². The molecule has 0 fully saturated rings. The summed E-state index contributed by atoms with van der Waals surface area (Å²) in [5.74, 6) is 0.181. The number of amides is 1. The molecule has 2 rings (SSSR count). The molecular weight excluding hydrogens is 216 g/mol. The number of primary amides is 1. The Morgan fingerprint density at radius 1 is 1.57 bits per heavy atom. The van der Waals surface area contributed by atoms with Gasteiger partial charge in [-0.1, -0.05) is 6.07 Å². The zero-order chi connectivity index (χ0) is 10.1. The second-order valence-corrected chi connectivity index (χ2v) is 4.75. The highest BCUT2D eigenvalue weighted by Gasteiger charge is 2.26. The number of rotatable bonds is 2. The molecule has 1 amide bonds. The van der Waals surface area contributed by atoms with Crippen LogP contribution in [-0.2, 0) is 4.79 Å². The molecule has 3 N–H and O–H groups in total. The third-order valence-electron chi connectivity index (χ3n) is 1.95. The molecule has 0 spiro atoms. The topological polar surface area (TPSA) is 66.9 Å². The van der Waals surface area contributed by atoms with Crippen LogP contribution >= 0.6 is 23.1 Å². The van der Waals surface area contributed by atoms with E-state index in [1.165, 1.54) is 11.8 Å². The second kappa shape index (κ2) is 3.59. The molecule has 2 heterocycles. The number of hydrogen-bond acceptors (Lipinski definition) is 4. The number of hydrogen-bond donors (Lipinski definition) is 2. The summed E-state index contributed by atoms with van der Waals surface area (Å²) in [5.41, 5.74) is 6.53. The maximum Gasteiger partial charge on any atom is 0.251 e. The van der Waals surface area contributed by atoms with E-state index in [-0.39, 0.29) is 0 Å². The molecule has 14 heavy (non-hydrogen) atoms. The molecule has 72 valence electrons. The second-order valence-electron chi connectivity index (χ2n) is 2.81. The van der Waals surface area contributed by atoms with Gasteiger partial charge in [-0.25, -0.2) is 0 Å². The monoisotopic (exact) mass is 224 g/mol. The van der Waals surface area contributed by atoms with E-state index in [0.29, 0.717) is 16.4 Å². The standard InChI is InChI=1S/C9H8N2OS2/c10-8(12)7-5(4-14-9(7)11)6-2-1-3-13-6/h1-3,11H,4H2,(H2,10,12). The maximum atomic E-state index is 11.1. The fourth-order valence-corrected chi connectivity index (χ4v) is 3.16. The Balaban J connectivity index is 2.51. The van der Waals surface area contributed by atoms with Gasteiger partial charge >= 0.3 is 0 Å². The highest BCUT2D eigenvalue weighted by Crippen LogP contribution is 2.35. The average Bonchev–Trinajstić information content (AvgIpc) is 2.70. The van der Waals surface area contributed by atoms with Gasteiger partial charge in [-0.15, -0.1) is 23.1 Å². The summed E-state index contributed by atoms with van der Waals surface area (Å²) in [5, 5.41) is 9.82. The number of carbonyl (C=O) groups is 1. The van der Waals surface area contributed by atoms with E-state index in [0.717, 1.165) is 10.5 Å². The van der Waals surface area contributed by atoms with Crippen molar-refractivity contribution in [1.82, 2.24) is 0 Å². The molecule has 0 saturated carbocycles. The number of thioether (sulfide) groups is 1. The van der Waals surface area contributed by atoms with Crippen LogP contribution in [-0.4, -0.2) is 16.7 Å². The first kappa shape index (κ1) is 9.48. The van der Waals surface area contributed by atoms with Crippen LogP contribution in [0.5, 0.6) is 0 Å². The van der Waals surface area contributed by atoms with Crippen molar-refractivity contribution < 1.29 is 4.79 Å². The van der Waals surface area contributed by atoms with Gasteiger partial charge in [0.1, 0.15) is 5.04 Å². The smallest absolute Gasteiger partial charge is 0.251 e. The van der Waals surface area contributed by atoms with E-state index in [4.69, 9.17) is 11.1 Å². The molecule has 1 aromatic rings. The van der Waals surface area contributed by atoms with Crippen molar-refractivity contribution in [3.05, 3.63) is 28.0 Å². The molecule has 5 heteroatoms. The van der Waals surface area contributed by atoms with E-state index in [1.54, 1.807) is 11.3 Å². The SMILES string of the molecule is N=C1SCC(c2cccs2)=C1C(N)=O. The molecule has 1 aromatic heterocycles. The Morgan fingerprint density at radius 2 is 2.36 bits per heavy atom. The summed E-state index contributed by atoms with van der Waals surface area (Å²) < 4.78 is 0. The van der Waals surface area contributed by atoms with Crippen molar-refractivity contribution in [3.63, 3.8) is 0 Å². The molecule has 0 atom stereocenters. The highest BCUT2D eigenvalue weighted by molar-refractivity contribution is 8.15. The van der Waals surface area contributed by atoms with Gasteiger partial charge in [0.2, 0.25) is 0 Å². The van der Waals surface area contributed by atoms with E-state index < -0.39 is 5.91 Å².